The van der Waals surface area contributed by atoms with Gasteiger partial charge >= 0.3 is 0 Å². The van der Waals surface area contributed by atoms with Gasteiger partial charge in [0.2, 0.25) is 0 Å². The predicted molar refractivity (Wildman–Crippen MR) is 102 cm³/mol. The maximum atomic E-state index is 9.35. The van der Waals surface area contributed by atoms with Gasteiger partial charge in [0.05, 0.1) is 0 Å². The summed E-state index contributed by atoms with van der Waals surface area (Å²) in [5.74, 6) is 1.30. The highest BCUT2D eigenvalue weighted by Gasteiger charge is 2.08. The van der Waals surface area contributed by atoms with Crippen molar-refractivity contribution in [2.45, 2.75) is 97.3 Å². The maximum Gasteiger partial charge on any atom is 0.115 e. The molecule has 132 valence electrons. The van der Waals surface area contributed by atoms with Gasteiger partial charge in [-0.25, -0.2) is 0 Å². The third-order valence-electron chi connectivity index (χ3n) is 4.95. The fourth-order valence-corrected chi connectivity index (χ4v) is 3.41. The lowest BCUT2D eigenvalue weighted by Crippen LogP contribution is -2.02. The molecule has 0 saturated heterocycles. The number of rotatable bonds is 14. The van der Waals surface area contributed by atoms with Crippen LogP contribution in [0.5, 0.6) is 5.75 Å². The van der Waals surface area contributed by atoms with Gasteiger partial charge in [0, 0.05) is 0 Å². The number of hydrogen-bond donors (Lipinski definition) is 1. The molecule has 0 bridgehead atoms. The Morgan fingerprint density at radius 1 is 0.696 bits per heavy atom. The topological polar surface area (TPSA) is 20.2 Å². The van der Waals surface area contributed by atoms with E-state index in [1.165, 1.54) is 82.6 Å². The lowest BCUT2D eigenvalue weighted by atomic mass is 9.89. The molecule has 1 N–H and O–H groups in total. The molecular weight excluding hydrogens is 280 g/mol. The van der Waals surface area contributed by atoms with E-state index >= 15 is 0 Å². The molecule has 0 aliphatic carbocycles. The van der Waals surface area contributed by atoms with Gasteiger partial charge in [-0.3, -0.25) is 0 Å². The number of hydrogen-bond acceptors (Lipinski definition) is 1. The maximum absolute atomic E-state index is 9.35. The van der Waals surface area contributed by atoms with Gasteiger partial charge in [-0.1, -0.05) is 96.6 Å². The predicted octanol–water partition coefficient (Wildman–Crippen LogP) is 7.27. The molecule has 0 aromatic heterocycles. The molecule has 1 nitrogen and oxygen atoms in total. The van der Waals surface area contributed by atoms with Crippen molar-refractivity contribution in [1.82, 2.24) is 0 Å². The second kappa shape index (κ2) is 13.5. The van der Waals surface area contributed by atoms with Crippen molar-refractivity contribution in [2.24, 2.45) is 5.92 Å². The van der Waals surface area contributed by atoms with E-state index in [2.05, 4.69) is 26.0 Å². The van der Waals surface area contributed by atoms with Gasteiger partial charge < -0.3 is 5.11 Å². The lowest BCUT2D eigenvalue weighted by molar-refractivity contribution is 0.374. The molecule has 0 amide bonds. The lowest BCUT2D eigenvalue weighted by Gasteiger charge is -2.17. The number of aryl methyl sites for hydroxylation is 1. The third-order valence-corrected chi connectivity index (χ3v) is 4.95. The molecule has 1 heteroatoms. The molecule has 0 fully saturated rings. The highest BCUT2D eigenvalue weighted by molar-refractivity contribution is 5.25. The van der Waals surface area contributed by atoms with E-state index < -0.39 is 0 Å². The summed E-state index contributed by atoms with van der Waals surface area (Å²) in [5.41, 5.74) is 1.36. The molecule has 1 aromatic rings. The Morgan fingerprint density at radius 3 is 1.74 bits per heavy atom. The number of phenols is 1. The van der Waals surface area contributed by atoms with Crippen LogP contribution < -0.4 is 0 Å². The zero-order valence-electron chi connectivity index (χ0n) is 15.5. The van der Waals surface area contributed by atoms with Crippen LogP contribution in [0.15, 0.2) is 24.3 Å². The Kier molecular flexibility index (Phi) is 11.7. The SMILES string of the molecule is CCCCCCC(CCCCCC)CCCc1ccc(O)cc1. The van der Waals surface area contributed by atoms with Crippen LogP contribution in [-0.2, 0) is 6.42 Å². The number of unbranched alkanes of at least 4 members (excludes halogenated alkanes) is 6. The fourth-order valence-electron chi connectivity index (χ4n) is 3.41. The summed E-state index contributed by atoms with van der Waals surface area (Å²) in [6.07, 6.45) is 17.8. The summed E-state index contributed by atoms with van der Waals surface area (Å²) in [6, 6.07) is 7.74. The van der Waals surface area contributed by atoms with Gasteiger partial charge in [-0.15, -0.1) is 0 Å². The van der Waals surface area contributed by atoms with Crippen LogP contribution in [-0.4, -0.2) is 5.11 Å². The van der Waals surface area contributed by atoms with E-state index in [1.807, 2.05) is 12.1 Å². The van der Waals surface area contributed by atoms with Crippen LogP contribution >= 0.6 is 0 Å². The largest absolute Gasteiger partial charge is 0.508 e. The summed E-state index contributed by atoms with van der Waals surface area (Å²) in [7, 11) is 0. The van der Waals surface area contributed by atoms with Crippen LogP contribution in [0.4, 0.5) is 0 Å². The Hall–Kier alpha value is -0.980. The van der Waals surface area contributed by atoms with Crippen molar-refractivity contribution in [3.8, 4) is 5.75 Å². The Bertz CT molecular complexity index is 356. The van der Waals surface area contributed by atoms with Crippen LogP contribution in [0.1, 0.15) is 96.5 Å². The summed E-state index contributed by atoms with van der Waals surface area (Å²) in [6.45, 7) is 4.58. The average molecular weight is 319 g/mol. The van der Waals surface area contributed by atoms with Crippen LogP contribution in [0.2, 0.25) is 0 Å². The van der Waals surface area contributed by atoms with Gasteiger partial charge in [0.15, 0.2) is 0 Å². The van der Waals surface area contributed by atoms with E-state index in [-0.39, 0.29) is 0 Å². The van der Waals surface area contributed by atoms with Crippen molar-refractivity contribution in [2.75, 3.05) is 0 Å². The Labute approximate surface area is 144 Å². The minimum atomic E-state index is 0.374. The second-order valence-corrected chi connectivity index (χ2v) is 7.12. The molecule has 1 rings (SSSR count). The minimum Gasteiger partial charge on any atom is -0.508 e. The minimum absolute atomic E-state index is 0.374. The zero-order valence-corrected chi connectivity index (χ0v) is 15.5. The molecule has 0 unspecified atom stereocenters. The zero-order chi connectivity index (χ0) is 16.8. The van der Waals surface area contributed by atoms with E-state index in [0.29, 0.717) is 5.75 Å². The average Bonchev–Trinajstić information content (AvgIpc) is 2.56. The summed E-state index contributed by atoms with van der Waals surface area (Å²) < 4.78 is 0. The second-order valence-electron chi connectivity index (χ2n) is 7.12. The fraction of sp³-hybridized carbons (Fsp3) is 0.727. The molecule has 0 aliphatic heterocycles. The van der Waals surface area contributed by atoms with Gasteiger partial charge in [-0.2, -0.15) is 0 Å². The van der Waals surface area contributed by atoms with E-state index in [9.17, 15) is 5.11 Å². The number of aromatic hydroxyl groups is 1. The standard InChI is InChI=1S/C22H38O/c1-3-5-7-9-12-20(13-10-8-6-4-2)14-11-15-21-16-18-22(23)19-17-21/h16-20,23H,3-15H2,1-2H3. The normalized spacial score (nSPS) is 11.3. The monoisotopic (exact) mass is 318 g/mol. The quantitative estimate of drug-likeness (QED) is 0.357. The van der Waals surface area contributed by atoms with Crippen molar-refractivity contribution >= 4 is 0 Å². The van der Waals surface area contributed by atoms with Crippen molar-refractivity contribution < 1.29 is 5.11 Å². The van der Waals surface area contributed by atoms with Crippen LogP contribution in [0, 0.1) is 5.92 Å². The first kappa shape index (κ1) is 20.1. The highest BCUT2D eigenvalue weighted by atomic mass is 16.3. The van der Waals surface area contributed by atoms with Crippen molar-refractivity contribution in [3.63, 3.8) is 0 Å². The summed E-state index contributed by atoms with van der Waals surface area (Å²) in [5, 5.41) is 9.35. The van der Waals surface area contributed by atoms with E-state index in [0.717, 1.165) is 12.3 Å². The first-order valence-corrected chi connectivity index (χ1v) is 10.0. The Morgan fingerprint density at radius 2 is 1.22 bits per heavy atom. The number of benzene rings is 1. The van der Waals surface area contributed by atoms with Crippen LogP contribution in [0.3, 0.4) is 0 Å². The number of phenolic OH excluding ortho intramolecular Hbond substituents is 1. The molecule has 0 radical (unpaired) electrons. The molecule has 0 atom stereocenters. The molecular formula is C22H38O. The van der Waals surface area contributed by atoms with Crippen molar-refractivity contribution in [1.29, 1.82) is 0 Å². The van der Waals surface area contributed by atoms with Gasteiger partial charge in [0.25, 0.3) is 0 Å². The van der Waals surface area contributed by atoms with Gasteiger partial charge in [-0.05, 0) is 36.5 Å². The summed E-state index contributed by atoms with van der Waals surface area (Å²) >= 11 is 0. The summed E-state index contributed by atoms with van der Waals surface area (Å²) in [4.78, 5) is 0. The van der Waals surface area contributed by atoms with Crippen molar-refractivity contribution in [3.05, 3.63) is 29.8 Å². The van der Waals surface area contributed by atoms with E-state index in [4.69, 9.17) is 0 Å². The van der Waals surface area contributed by atoms with Crippen LogP contribution in [0.25, 0.3) is 0 Å². The first-order chi connectivity index (χ1) is 11.3. The molecule has 0 heterocycles. The smallest absolute Gasteiger partial charge is 0.115 e. The third kappa shape index (κ3) is 10.4. The first-order valence-electron chi connectivity index (χ1n) is 10.0. The van der Waals surface area contributed by atoms with E-state index in [1.54, 1.807) is 0 Å². The molecule has 23 heavy (non-hydrogen) atoms. The van der Waals surface area contributed by atoms with Gasteiger partial charge in [0.1, 0.15) is 5.75 Å². The molecule has 0 spiro atoms. The Balaban J connectivity index is 2.27. The molecule has 0 saturated carbocycles. The molecule has 0 aliphatic rings. The highest BCUT2D eigenvalue weighted by Crippen LogP contribution is 2.24. The molecule has 1 aromatic carbocycles.